The van der Waals surface area contributed by atoms with Gasteiger partial charge in [0.15, 0.2) is 0 Å². The van der Waals surface area contributed by atoms with Crippen molar-refractivity contribution < 1.29 is 9.47 Å². The summed E-state index contributed by atoms with van der Waals surface area (Å²) < 4.78 is 11.1. The van der Waals surface area contributed by atoms with Crippen LogP contribution >= 0.6 is 12.2 Å². The summed E-state index contributed by atoms with van der Waals surface area (Å²) in [6.07, 6.45) is 17.0. The minimum absolute atomic E-state index is 0.272. The second-order valence-electron chi connectivity index (χ2n) is 13.2. The van der Waals surface area contributed by atoms with E-state index in [2.05, 4.69) is 34.6 Å². The van der Waals surface area contributed by atoms with Crippen LogP contribution in [0.4, 0.5) is 0 Å². The second-order valence-corrected chi connectivity index (χ2v) is 13.5. The summed E-state index contributed by atoms with van der Waals surface area (Å²) in [5, 5.41) is 0.334. The minimum atomic E-state index is 0.272. The molecule has 4 aliphatic rings. The van der Waals surface area contributed by atoms with E-state index in [1.807, 2.05) is 0 Å². The van der Waals surface area contributed by atoms with E-state index in [0.717, 1.165) is 47.8 Å². The highest BCUT2D eigenvalue weighted by Crippen LogP contribution is 2.68. The first-order valence-electron chi connectivity index (χ1n) is 13.9. The molecule has 0 aromatic carbocycles. The fourth-order valence-corrected chi connectivity index (χ4v) is 9.67. The first-order valence-corrected chi connectivity index (χ1v) is 14.3. The average molecular weight is 463 g/mol. The molecule has 4 rings (SSSR count). The zero-order valence-corrected chi connectivity index (χ0v) is 22.6. The van der Waals surface area contributed by atoms with E-state index < -0.39 is 0 Å². The number of fused-ring (bicyclic) bond motifs is 5. The second kappa shape index (κ2) is 9.74. The van der Waals surface area contributed by atoms with Gasteiger partial charge in [0.05, 0.1) is 7.11 Å². The first kappa shape index (κ1) is 24.8. The van der Waals surface area contributed by atoms with E-state index in [4.69, 9.17) is 21.7 Å². The van der Waals surface area contributed by atoms with E-state index >= 15 is 0 Å². The molecular formula is C29H50O2S. The maximum Gasteiger partial charge on any atom is 0.352 e. The van der Waals surface area contributed by atoms with Crippen molar-refractivity contribution in [3.05, 3.63) is 0 Å². The van der Waals surface area contributed by atoms with Gasteiger partial charge < -0.3 is 9.47 Å². The number of hydrogen-bond acceptors (Lipinski definition) is 3. The molecule has 0 spiro atoms. The van der Waals surface area contributed by atoms with Gasteiger partial charge in [-0.2, -0.15) is 0 Å². The maximum absolute atomic E-state index is 5.95. The lowest BCUT2D eigenvalue weighted by atomic mass is 9.44. The van der Waals surface area contributed by atoms with E-state index in [-0.39, 0.29) is 6.10 Å². The lowest BCUT2D eigenvalue weighted by Crippen LogP contribution is -2.54. The first-order chi connectivity index (χ1) is 15.2. The Morgan fingerprint density at radius 1 is 0.906 bits per heavy atom. The van der Waals surface area contributed by atoms with Crippen LogP contribution in [0.5, 0.6) is 0 Å². The molecule has 0 bridgehead atoms. The summed E-state index contributed by atoms with van der Waals surface area (Å²) in [6.45, 7) is 12.7. The number of hydrogen-bond donors (Lipinski definition) is 0. The van der Waals surface area contributed by atoms with Gasteiger partial charge in [-0.25, -0.2) is 0 Å². The summed E-state index contributed by atoms with van der Waals surface area (Å²) in [6, 6.07) is 0. The predicted molar refractivity (Wildman–Crippen MR) is 138 cm³/mol. The SMILES string of the molecule is COC(=S)O[C@H]1CC[C@@]2(C)C(CCC3C2CC[C@@]2(C)C3CC[C@@H]2[C@H](C)CCCC(C)C)C1. The fourth-order valence-electron chi connectivity index (χ4n) is 9.53. The Morgan fingerprint density at radius 3 is 2.34 bits per heavy atom. The Hall–Kier alpha value is -0.310. The molecule has 0 radical (unpaired) electrons. The Labute approximate surface area is 204 Å². The molecular weight excluding hydrogens is 412 g/mol. The largest absolute Gasteiger partial charge is 0.460 e. The lowest BCUT2D eigenvalue weighted by Gasteiger charge is -2.61. The molecule has 0 heterocycles. The van der Waals surface area contributed by atoms with E-state index in [1.165, 1.54) is 70.6 Å². The van der Waals surface area contributed by atoms with Gasteiger partial charge in [0.25, 0.3) is 0 Å². The van der Waals surface area contributed by atoms with E-state index in [1.54, 1.807) is 7.11 Å². The standard InChI is InChI=1S/C29H50O2S/c1-19(2)8-7-9-20(3)24-12-13-25-23-11-10-21-18-22(31-27(32)30-6)14-16-28(21,4)26(23)15-17-29(24,25)5/h19-26H,7-18H2,1-6H3/t20-,21?,22+,23?,24-,25?,26?,28+,29-/m1/s1. The minimum Gasteiger partial charge on any atom is -0.460 e. The van der Waals surface area contributed by atoms with Crippen molar-refractivity contribution in [2.24, 2.45) is 52.3 Å². The summed E-state index contributed by atoms with van der Waals surface area (Å²) in [7, 11) is 1.62. The van der Waals surface area contributed by atoms with Crippen molar-refractivity contribution in [2.45, 2.75) is 118 Å². The number of methoxy groups -OCH3 is 1. The molecule has 32 heavy (non-hydrogen) atoms. The van der Waals surface area contributed by atoms with Gasteiger partial charge in [0.2, 0.25) is 0 Å². The van der Waals surface area contributed by atoms with Gasteiger partial charge in [-0.3, -0.25) is 0 Å². The van der Waals surface area contributed by atoms with Crippen LogP contribution in [0.15, 0.2) is 0 Å². The summed E-state index contributed by atoms with van der Waals surface area (Å²) in [5.74, 6) is 6.41. The van der Waals surface area contributed by atoms with Crippen molar-refractivity contribution in [3.8, 4) is 0 Å². The molecule has 4 fully saturated rings. The molecule has 0 saturated heterocycles. The zero-order valence-electron chi connectivity index (χ0n) is 21.8. The van der Waals surface area contributed by atoms with Gasteiger partial charge in [-0.15, -0.1) is 0 Å². The summed E-state index contributed by atoms with van der Waals surface area (Å²) >= 11 is 5.19. The maximum atomic E-state index is 5.95. The molecule has 4 aliphatic carbocycles. The molecule has 4 saturated carbocycles. The number of ether oxygens (including phenoxy) is 2. The van der Waals surface area contributed by atoms with E-state index in [0.29, 0.717) is 16.1 Å². The van der Waals surface area contributed by atoms with Crippen molar-refractivity contribution >= 4 is 17.5 Å². The van der Waals surface area contributed by atoms with Gasteiger partial charge in [-0.05, 0) is 110 Å². The predicted octanol–water partition coefficient (Wildman–Crippen LogP) is 8.42. The molecule has 9 atom stereocenters. The normalized spacial score (nSPS) is 44.3. The molecule has 3 heteroatoms. The summed E-state index contributed by atoms with van der Waals surface area (Å²) in [4.78, 5) is 0. The van der Waals surface area contributed by atoms with Crippen LogP contribution < -0.4 is 0 Å². The van der Waals surface area contributed by atoms with Crippen LogP contribution in [0.25, 0.3) is 0 Å². The van der Waals surface area contributed by atoms with Crippen LogP contribution in [-0.4, -0.2) is 18.5 Å². The Bertz CT molecular complexity index is 662. The average Bonchev–Trinajstić information content (AvgIpc) is 3.11. The number of rotatable bonds is 6. The lowest BCUT2D eigenvalue weighted by molar-refractivity contribution is -0.129. The van der Waals surface area contributed by atoms with Gasteiger partial charge in [0, 0.05) is 12.2 Å². The monoisotopic (exact) mass is 462 g/mol. The van der Waals surface area contributed by atoms with Crippen molar-refractivity contribution in [3.63, 3.8) is 0 Å². The third kappa shape index (κ3) is 4.50. The van der Waals surface area contributed by atoms with Crippen LogP contribution in [0.1, 0.15) is 112 Å². The molecule has 0 aromatic rings. The number of thiocarbonyl (C=S) groups is 1. The molecule has 0 amide bonds. The molecule has 184 valence electrons. The zero-order chi connectivity index (χ0) is 23.1. The summed E-state index contributed by atoms with van der Waals surface area (Å²) in [5.41, 5.74) is 1.12. The molecule has 0 aliphatic heterocycles. The molecule has 0 aromatic heterocycles. The highest BCUT2D eigenvalue weighted by atomic mass is 32.1. The highest BCUT2D eigenvalue weighted by Gasteiger charge is 2.60. The van der Waals surface area contributed by atoms with Crippen LogP contribution in [0, 0.1) is 52.3 Å². The van der Waals surface area contributed by atoms with Crippen molar-refractivity contribution in [2.75, 3.05) is 7.11 Å². The van der Waals surface area contributed by atoms with Gasteiger partial charge in [0.1, 0.15) is 6.10 Å². The van der Waals surface area contributed by atoms with Crippen LogP contribution in [0.2, 0.25) is 0 Å². The molecule has 4 unspecified atom stereocenters. The Morgan fingerprint density at radius 2 is 1.62 bits per heavy atom. The van der Waals surface area contributed by atoms with E-state index in [9.17, 15) is 0 Å². The fraction of sp³-hybridized carbons (Fsp3) is 0.966. The van der Waals surface area contributed by atoms with Crippen LogP contribution in [0.3, 0.4) is 0 Å². The van der Waals surface area contributed by atoms with Crippen molar-refractivity contribution in [1.82, 2.24) is 0 Å². The smallest absolute Gasteiger partial charge is 0.352 e. The highest BCUT2D eigenvalue weighted by molar-refractivity contribution is 7.79. The van der Waals surface area contributed by atoms with Gasteiger partial charge >= 0.3 is 5.24 Å². The molecule has 0 N–H and O–H groups in total. The Kier molecular flexibility index (Phi) is 7.55. The quantitative estimate of drug-likeness (QED) is 0.369. The third-order valence-corrected chi connectivity index (χ3v) is 11.5. The van der Waals surface area contributed by atoms with Crippen LogP contribution in [-0.2, 0) is 9.47 Å². The topological polar surface area (TPSA) is 18.5 Å². The molecule has 2 nitrogen and oxygen atoms in total. The van der Waals surface area contributed by atoms with Gasteiger partial charge in [-0.1, -0.05) is 53.9 Å². The van der Waals surface area contributed by atoms with Crippen molar-refractivity contribution in [1.29, 1.82) is 0 Å². The Balaban J connectivity index is 1.42. The third-order valence-electron chi connectivity index (χ3n) is 11.2.